The summed E-state index contributed by atoms with van der Waals surface area (Å²) in [7, 11) is -4.03. The number of nitrogens with zero attached hydrogens (tertiary/aromatic N) is 2. The van der Waals surface area contributed by atoms with Crippen LogP contribution in [0.1, 0.15) is 11.1 Å². The highest BCUT2D eigenvalue weighted by molar-refractivity contribution is 7.89. The quantitative estimate of drug-likeness (QED) is 0.454. The van der Waals surface area contributed by atoms with Crippen LogP contribution in [0.2, 0.25) is 0 Å². The van der Waals surface area contributed by atoms with Crippen molar-refractivity contribution in [1.29, 1.82) is 0 Å². The molecule has 0 radical (unpaired) electrons. The first-order valence-corrected chi connectivity index (χ1v) is 10.5. The van der Waals surface area contributed by atoms with Crippen LogP contribution in [0, 0.1) is 6.92 Å². The van der Waals surface area contributed by atoms with Crippen molar-refractivity contribution in [2.75, 3.05) is 0 Å². The van der Waals surface area contributed by atoms with Crippen LogP contribution in [-0.2, 0) is 16.2 Å². The fourth-order valence-corrected chi connectivity index (χ4v) is 3.98. The van der Waals surface area contributed by atoms with Crippen molar-refractivity contribution in [1.82, 2.24) is 14.3 Å². The molecule has 4 rings (SSSR count). The van der Waals surface area contributed by atoms with E-state index in [4.69, 9.17) is 4.84 Å². The van der Waals surface area contributed by atoms with Gasteiger partial charge in [-0.25, -0.2) is 13.4 Å². The second-order valence-corrected chi connectivity index (χ2v) is 8.35. The minimum absolute atomic E-state index is 0.0415. The first-order chi connectivity index (χ1) is 14.7. The third-order valence-corrected chi connectivity index (χ3v) is 5.85. The first kappa shape index (κ1) is 20.9. The molecule has 2 aromatic heterocycles. The Morgan fingerprint density at radius 3 is 2.39 bits per heavy atom. The van der Waals surface area contributed by atoms with E-state index in [1.165, 1.54) is 25.3 Å². The molecule has 1 N–H and O–H groups in total. The summed E-state index contributed by atoms with van der Waals surface area (Å²) < 4.78 is 67.5. The van der Waals surface area contributed by atoms with Crippen LogP contribution in [0.3, 0.4) is 0 Å². The number of benzene rings is 2. The third-order valence-electron chi connectivity index (χ3n) is 4.66. The summed E-state index contributed by atoms with van der Waals surface area (Å²) in [6.45, 7) is 1.42. The number of aromatic nitrogens is 2. The number of hydrogen-bond acceptors (Lipinski definition) is 4. The van der Waals surface area contributed by atoms with Gasteiger partial charge in [0, 0.05) is 23.5 Å². The minimum atomic E-state index is -4.64. The van der Waals surface area contributed by atoms with Gasteiger partial charge in [-0.1, -0.05) is 24.3 Å². The third kappa shape index (κ3) is 4.12. The second-order valence-electron chi connectivity index (χ2n) is 6.70. The van der Waals surface area contributed by atoms with Crippen LogP contribution in [0.4, 0.5) is 13.2 Å². The van der Waals surface area contributed by atoms with Crippen molar-refractivity contribution >= 4 is 15.7 Å². The van der Waals surface area contributed by atoms with Gasteiger partial charge in [0.05, 0.1) is 16.2 Å². The molecule has 0 atom stereocenters. The molecule has 31 heavy (non-hydrogen) atoms. The molecule has 0 saturated carbocycles. The number of hydrogen-bond donors (Lipinski definition) is 1. The van der Waals surface area contributed by atoms with Gasteiger partial charge in [0.1, 0.15) is 5.65 Å². The maximum Gasteiger partial charge on any atom is 0.417 e. The van der Waals surface area contributed by atoms with Crippen LogP contribution < -0.4 is 9.72 Å². The predicted molar refractivity (Wildman–Crippen MR) is 108 cm³/mol. The molecule has 0 saturated heterocycles. The summed E-state index contributed by atoms with van der Waals surface area (Å²) in [5.74, 6) is -0.0698. The Morgan fingerprint density at radius 1 is 1.00 bits per heavy atom. The van der Waals surface area contributed by atoms with Gasteiger partial charge in [0.2, 0.25) is 0 Å². The number of alkyl halides is 3. The number of sulfonamides is 1. The van der Waals surface area contributed by atoms with Crippen molar-refractivity contribution in [2.24, 2.45) is 0 Å². The van der Waals surface area contributed by atoms with Crippen LogP contribution in [0.15, 0.2) is 78.0 Å². The van der Waals surface area contributed by atoms with E-state index >= 15 is 0 Å². The maximum atomic E-state index is 13.7. The zero-order chi connectivity index (χ0) is 22.2. The van der Waals surface area contributed by atoms with Crippen molar-refractivity contribution in [3.8, 4) is 17.0 Å². The van der Waals surface area contributed by atoms with Gasteiger partial charge in [-0.2, -0.15) is 13.2 Å². The lowest BCUT2D eigenvalue weighted by molar-refractivity contribution is -0.137. The van der Waals surface area contributed by atoms with E-state index in [0.29, 0.717) is 5.65 Å². The standard InChI is InChI=1S/C21H16F3N3O3S/c1-14-18(30-26-31(28,29)15-7-3-2-4-8-15)11-10-16(21(22,23)24)20(14)17-13-27-12-6-5-9-19(27)25-17/h2-13,26H,1H3. The lowest BCUT2D eigenvalue weighted by atomic mass is 9.98. The van der Waals surface area contributed by atoms with E-state index < -0.39 is 21.8 Å². The summed E-state index contributed by atoms with van der Waals surface area (Å²) in [6.07, 6.45) is -1.49. The number of nitrogens with one attached hydrogen (secondary N) is 1. The topological polar surface area (TPSA) is 72.7 Å². The molecule has 0 aliphatic heterocycles. The molecule has 0 aliphatic carbocycles. The summed E-state index contributed by atoms with van der Waals surface area (Å²) >= 11 is 0. The number of halogens is 3. The zero-order valence-corrected chi connectivity index (χ0v) is 16.9. The molecular weight excluding hydrogens is 431 g/mol. The van der Waals surface area contributed by atoms with E-state index in [1.54, 1.807) is 47.0 Å². The van der Waals surface area contributed by atoms with Gasteiger partial charge in [-0.05, 0) is 48.2 Å². The summed E-state index contributed by atoms with van der Waals surface area (Å²) in [6, 6.07) is 14.5. The van der Waals surface area contributed by atoms with E-state index in [9.17, 15) is 21.6 Å². The van der Waals surface area contributed by atoms with Gasteiger partial charge in [0.15, 0.2) is 5.75 Å². The molecular formula is C21H16F3N3O3S. The monoisotopic (exact) mass is 447 g/mol. The van der Waals surface area contributed by atoms with Gasteiger partial charge in [0.25, 0.3) is 10.0 Å². The van der Waals surface area contributed by atoms with Crippen LogP contribution in [0.25, 0.3) is 16.9 Å². The maximum absolute atomic E-state index is 13.7. The largest absolute Gasteiger partial charge is 0.417 e. The Bertz CT molecular complexity index is 1320. The molecule has 4 aromatic rings. The number of pyridine rings is 1. The van der Waals surface area contributed by atoms with E-state index in [2.05, 4.69) is 4.98 Å². The first-order valence-electron chi connectivity index (χ1n) is 9.05. The van der Waals surface area contributed by atoms with Gasteiger partial charge >= 0.3 is 6.18 Å². The summed E-state index contributed by atoms with van der Waals surface area (Å²) in [5, 5.41) is 0. The molecule has 0 fully saturated rings. The summed E-state index contributed by atoms with van der Waals surface area (Å²) in [4.78, 5) is 11.4. The minimum Gasteiger partial charge on any atom is -0.393 e. The SMILES string of the molecule is Cc1c(ONS(=O)(=O)c2ccccc2)ccc(C(F)(F)F)c1-c1cn2ccccc2n1. The Morgan fingerprint density at radius 2 is 1.71 bits per heavy atom. The van der Waals surface area contributed by atoms with E-state index in [0.717, 1.165) is 12.1 Å². The zero-order valence-electron chi connectivity index (χ0n) is 16.1. The van der Waals surface area contributed by atoms with Crippen LogP contribution >= 0.6 is 0 Å². The molecule has 0 bridgehead atoms. The Hall–Kier alpha value is -3.37. The highest BCUT2D eigenvalue weighted by Gasteiger charge is 2.36. The lowest BCUT2D eigenvalue weighted by Gasteiger charge is -2.17. The normalized spacial score (nSPS) is 12.3. The Kier molecular flexibility index (Phi) is 5.19. The van der Waals surface area contributed by atoms with Gasteiger partial charge < -0.3 is 9.24 Å². The fraction of sp³-hybridized carbons (Fsp3) is 0.0952. The molecule has 0 spiro atoms. The van der Waals surface area contributed by atoms with E-state index in [-0.39, 0.29) is 27.5 Å². The molecule has 0 aliphatic rings. The van der Waals surface area contributed by atoms with Crippen molar-refractivity contribution in [2.45, 2.75) is 18.0 Å². The van der Waals surface area contributed by atoms with Crippen LogP contribution in [0.5, 0.6) is 5.75 Å². The second kappa shape index (κ2) is 7.71. The van der Waals surface area contributed by atoms with Gasteiger partial charge in [-0.15, -0.1) is 0 Å². The molecule has 0 amide bonds. The highest BCUT2D eigenvalue weighted by Crippen LogP contribution is 2.41. The van der Waals surface area contributed by atoms with Crippen molar-refractivity contribution < 1.29 is 26.4 Å². The molecule has 160 valence electrons. The Balaban J connectivity index is 1.76. The average molecular weight is 447 g/mol. The average Bonchev–Trinajstić information content (AvgIpc) is 3.16. The molecule has 10 heteroatoms. The molecule has 2 aromatic carbocycles. The molecule has 0 unspecified atom stereocenters. The molecule has 6 nitrogen and oxygen atoms in total. The van der Waals surface area contributed by atoms with Crippen molar-refractivity contribution in [3.63, 3.8) is 0 Å². The predicted octanol–water partition coefficient (Wildman–Crippen LogP) is 4.60. The summed E-state index contributed by atoms with van der Waals surface area (Å²) in [5.41, 5.74) is -0.429. The number of fused-ring (bicyclic) bond motifs is 1. The van der Waals surface area contributed by atoms with E-state index in [1.807, 2.05) is 4.89 Å². The van der Waals surface area contributed by atoms with Gasteiger partial charge in [-0.3, -0.25) is 0 Å². The number of imidazole rings is 1. The number of rotatable bonds is 5. The Labute approximate surface area is 175 Å². The van der Waals surface area contributed by atoms with Crippen molar-refractivity contribution in [3.05, 3.63) is 84.2 Å². The smallest absolute Gasteiger partial charge is 0.393 e. The fourth-order valence-electron chi connectivity index (χ4n) is 3.17. The molecule has 2 heterocycles. The van der Waals surface area contributed by atoms with Crippen LogP contribution in [-0.4, -0.2) is 17.8 Å². The lowest BCUT2D eigenvalue weighted by Crippen LogP contribution is -2.27. The highest BCUT2D eigenvalue weighted by atomic mass is 32.2.